The topological polar surface area (TPSA) is 113 Å². The van der Waals surface area contributed by atoms with Crippen molar-refractivity contribution < 1.29 is 23.5 Å². The van der Waals surface area contributed by atoms with Gasteiger partial charge in [-0.2, -0.15) is 14.8 Å². The van der Waals surface area contributed by atoms with Crippen molar-refractivity contribution in [3.05, 3.63) is 47.3 Å². The molecule has 39 heavy (non-hydrogen) atoms. The number of fused-ring (bicyclic) bond motifs is 1. The average Bonchev–Trinajstić information content (AvgIpc) is 3.44. The number of hydrogen-bond acceptors (Lipinski definition) is 8. The quantitative estimate of drug-likeness (QED) is 0.437. The first-order valence-corrected chi connectivity index (χ1v) is 12.7. The van der Waals surface area contributed by atoms with Crippen LogP contribution in [0.3, 0.4) is 0 Å². The van der Waals surface area contributed by atoms with Gasteiger partial charge in [0.25, 0.3) is 5.82 Å². The van der Waals surface area contributed by atoms with Gasteiger partial charge in [0.2, 0.25) is 0 Å². The van der Waals surface area contributed by atoms with Crippen LogP contribution in [0.4, 0.5) is 15.0 Å². The summed E-state index contributed by atoms with van der Waals surface area (Å²) in [5, 5.41) is 14.5. The fraction of sp³-hybridized carbons (Fsp3) is 0.464. The summed E-state index contributed by atoms with van der Waals surface area (Å²) in [5.74, 6) is -0.474. The number of alkyl halides is 1. The van der Waals surface area contributed by atoms with Crippen LogP contribution in [-0.2, 0) is 9.47 Å². The average molecular weight is 537 g/mol. The van der Waals surface area contributed by atoms with E-state index in [0.717, 1.165) is 5.56 Å². The van der Waals surface area contributed by atoms with Crippen molar-refractivity contribution in [1.29, 1.82) is 5.26 Å². The van der Waals surface area contributed by atoms with E-state index in [1.165, 1.54) is 16.5 Å². The summed E-state index contributed by atoms with van der Waals surface area (Å²) in [7, 11) is 1.52. The van der Waals surface area contributed by atoms with Gasteiger partial charge in [0.15, 0.2) is 5.65 Å². The van der Waals surface area contributed by atoms with Crippen LogP contribution in [0.1, 0.15) is 56.4 Å². The van der Waals surface area contributed by atoms with E-state index in [4.69, 9.17) is 9.47 Å². The molecule has 1 aromatic carbocycles. The van der Waals surface area contributed by atoms with Gasteiger partial charge in [0, 0.05) is 19.2 Å². The van der Waals surface area contributed by atoms with E-state index < -0.39 is 29.4 Å². The number of nitriles is 1. The van der Waals surface area contributed by atoms with Crippen molar-refractivity contribution in [1.82, 2.24) is 19.5 Å². The summed E-state index contributed by atoms with van der Waals surface area (Å²) in [6, 6.07) is 11.6. The maximum Gasteiger partial charge on any atom is 0.410 e. The van der Waals surface area contributed by atoms with E-state index in [0.29, 0.717) is 16.9 Å². The van der Waals surface area contributed by atoms with Crippen LogP contribution in [0.25, 0.3) is 16.8 Å². The number of nitrogens with zero attached hydrogens (tertiary/aromatic N) is 6. The van der Waals surface area contributed by atoms with Crippen LogP contribution in [0.2, 0.25) is 0 Å². The van der Waals surface area contributed by atoms with E-state index in [1.54, 1.807) is 46.4 Å². The Labute approximate surface area is 226 Å². The molecule has 0 spiro atoms. The Morgan fingerprint density at radius 2 is 1.95 bits per heavy atom. The maximum absolute atomic E-state index is 15.9. The lowest BCUT2D eigenvalue weighted by molar-refractivity contribution is -0.000194. The molecule has 1 unspecified atom stereocenters. The summed E-state index contributed by atoms with van der Waals surface area (Å²) < 4.78 is 27.9. The Hall–Kier alpha value is -4.20. The third kappa shape index (κ3) is 4.99. The molecule has 206 valence electrons. The van der Waals surface area contributed by atoms with E-state index in [2.05, 4.69) is 16.2 Å². The molecule has 1 amide bonds. The molecule has 0 radical (unpaired) electrons. The molecule has 10 nitrogen and oxygen atoms in total. The Morgan fingerprint density at radius 1 is 1.28 bits per heavy atom. The normalized spacial score (nSPS) is 19.2. The molecule has 1 aliphatic rings. The molecule has 0 aliphatic carbocycles. The molecule has 0 saturated carbocycles. The Balaban J connectivity index is 1.92. The van der Waals surface area contributed by atoms with Crippen molar-refractivity contribution in [3.63, 3.8) is 0 Å². The fourth-order valence-electron chi connectivity index (χ4n) is 4.80. The molecule has 1 fully saturated rings. The number of benzene rings is 1. The summed E-state index contributed by atoms with van der Waals surface area (Å²) in [5.41, 5.74) is 0.459. The number of aromatic nitrogens is 3. The summed E-state index contributed by atoms with van der Waals surface area (Å²) in [6.45, 7) is 10.5. The highest BCUT2D eigenvalue weighted by atomic mass is 19.1. The lowest BCUT2D eigenvalue weighted by atomic mass is 9.97. The molecule has 2 atom stereocenters. The molecule has 1 aliphatic heterocycles. The minimum absolute atomic E-state index is 0.0709. The number of anilines is 1. The van der Waals surface area contributed by atoms with Gasteiger partial charge >= 0.3 is 12.1 Å². The fourth-order valence-corrected chi connectivity index (χ4v) is 4.80. The zero-order chi connectivity index (χ0) is 28.7. The van der Waals surface area contributed by atoms with Gasteiger partial charge in [-0.05, 0) is 52.7 Å². The van der Waals surface area contributed by atoms with Crippen LogP contribution in [0.15, 0.2) is 30.3 Å². The van der Waals surface area contributed by atoms with Crippen molar-refractivity contribution in [2.75, 3.05) is 31.6 Å². The Morgan fingerprint density at radius 3 is 2.54 bits per heavy atom. The predicted octanol–water partition coefficient (Wildman–Crippen LogP) is 4.54. The number of carbonyl (C=O) groups excluding carboxylic acids is 2. The highest BCUT2D eigenvalue weighted by Gasteiger charge is 2.50. The number of rotatable bonds is 5. The standard InChI is InChI=1S/C28H33FN6O4/c1-8-38-25(36)22-31-23-19(14-30)17(2)21(18-12-10-9-11-13-18)24(35(23)32-22)34-15-20(29)28(6,16-34)33(7)26(37)39-27(3,4)5/h9-13,20H,8,15-16H2,1-7H3/t20?,28-/m1/s1. The zero-order valence-corrected chi connectivity index (χ0v) is 23.3. The second-order valence-corrected chi connectivity index (χ2v) is 10.8. The third-order valence-corrected chi connectivity index (χ3v) is 6.94. The molecule has 1 saturated heterocycles. The lowest BCUT2D eigenvalue weighted by Crippen LogP contribution is -2.55. The summed E-state index contributed by atoms with van der Waals surface area (Å²) in [4.78, 5) is 32.9. The molecule has 4 rings (SSSR count). The number of likely N-dealkylation sites (N-methyl/N-ethyl adjacent to an activating group) is 1. The highest BCUT2D eigenvalue weighted by Crippen LogP contribution is 2.41. The molecule has 0 bridgehead atoms. The lowest BCUT2D eigenvalue weighted by Gasteiger charge is -2.37. The molecule has 3 heterocycles. The zero-order valence-electron chi connectivity index (χ0n) is 23.3. The minimum atomic E-state index is -1.45. The second kappa shape index (κ2) is 10.2. The SMILES string of the molecule is CCOC(=O)c1nc2c(C#N)c(C)c(-c3ccccc3)c(N3CC(F)[C@](C)(N(C)C(=O)OC(C)(C)C)C3)n2n1. The number of amides is 1. The van der Waals surface area contributed by atoms with Gasteiger partial charge < -0.3 is 19.3 Å². The number of carbonyl (C=O) groups is 2. The summed E-state index contributed by atoms with van der Waals surface area (Å²) in [6.07, 6.45) is -2.08. The number of pyridine rings is 1. The van der Waals surface area contributed by atoms with E-state index in [1.807, 2.05) is 30.3 Å². The van der Waals surface area contributed by atoms with E-state index in [9.17, 15) is 14.9 Å². The third-order valence-electron chi connectivity index (χ3n) is 6.94. The van der Waals surface area contributed by atoms with Crippen molar-refractivity contribution >= 4 is 23.5 Å². The molecular weight excluding hydrogens is 503 g/mol. The second-order valence-electron chi connectivity index (χ2n) is 10.8. The van der Waals surface area contributed by atoms with E-state index >= 15 is 4.39 Å². The predicted molar refractivity (Wildman–Crippen MR) is 143 cm³/mol. The number of esters is 1. The first kappa shape index (κ1) is 27.8. The van der Waals surface area contributed by atoms with Gasteiger partial charge in [-0.1, -0.05) is 30.3 Å². The Bertz CT molecular complexity index is 1460. The molecule has 0 N–H and O–H groups in total. The molecular formula is C28H33FN6O4. The number of ether oxygens (including phenoxy) is 2. The maximum atomic E-state index is 15.9. The molecule has 3 aromatic rings. The van der Waals surface area contributed by atoms with Gasteiger partial charge in [-0.25, -0.2) is 14.0 Å². The van der Waals surface area contributed by atoms with Gasteiger partial charge in [0.05, 0.1) is 18.7 Å². The first-order valence-electron chi connectivity index (χ1n) is 12.7. The van der Waals surface area contributed by atoms with Crippen molar-refractivity contribution in [2.24, 2.45) is 0 Å². The van der Waals surface area contributed by atoms with Crippen LogP contribution < -0.4 is 4.90 Å². The van der Waals surface area contributed by atoms with Crippen molar-refractivity contribution in [2.45, 2.75) is 58.9 Å². The van der Waals surface area contributed by atoms with Crippen LogP contribution in [-0.4, -0.2) is 75.6 Å². The smallest absolute Gasteiger partial charge is 0.410 e. The highest BCUT2D eigenvalue weighted by molar-refractivity contribution is 5.89. The van der Waals surface area contributed by atoms with Gasteiger partial charge in [0.1, 0.15) is 29.2 Å². The van der Waals surface area contributed by atoms with E-state index in [-0.39, 0.29) is 36.7 Å². The van der Waals surface area contributed by atoms with Gasteiger partial charge in [-0.15, -0.1) is 5.10 Å². The number of halogens is 1. The molecule has 11 heteroatoms. The monoisotopic (exact) mass is 536 g/mol. The largest absolute Gasteiger partial charge is 0.460 e. The first-order chi connectivity index (χ1) is 18.3. The van der Waals surface area contributed by atoms with Crippen LogP contribution in [0, 0.1) is 18.3 Å². The van der Waals surface area contributed by atoms with Gasteiger partial charge in [-0.3, -0.25) is 0 Å². The van der Waals surface area contributed by atoms with Crippen LogP contribution >= 0.6 is 0 Å². The molecule has 2 aromatic heterocycles. The summed E-state index contributed by atoms with van der Waals surface area (Å²) >= 11 is 0. The number of hydrogen-bond donors (Lipinski definition) is 0. The minimum Gasteiger partial charge on any atom is -0.460 e. The van der Waals surface area contributed by atoms with Crippen molar-refractivity contribution in [3.8, 4) is 17.2 Å². The van der Waals surface area contributed by atoms with Crippen LogP contribution in [0.5, 0.6) is 0 Å². The Kier molecular flexibility index (Phi) is 7.25.